The Morgan fingerprint density at radius 1 is 1.38 bits per heavy atom. The summed E-state index contributed by atoms with van der Waals surface area (Å²) >= 11 is 0. The zero-order valence-corrected chi connectivity index (χ0v) is 10.9. The van der Waals surface area contributed by atoms with Crippen LogP contribution in [0.2, 0.25) is 0 Å². The lowest BCUT2D eigenvalue weighted by atomic mass is 9.60. The second-order valence-electron chi connectivity index (χ2n) is 6.17. The smallest absolute Gasteiger partial charge is 0.0459 e. The Bertz CT molecular complexity index is 269. The zero-order valence-electron chi connectivity index (χ0n) is 10.9. The van der Waals surface area contributed by atoms with E-state index in [2.05, 4.69) is 26.8 Å². The molecule has 0 aromatic rings. The molecular weight excluding hydrogens is 196 g/mol. The second kappa shape index (κ2) is 4.91. The van der Waals surface area contributed by atoms with Crippen LogP contribution in [0.3, 0.4) is 0 Å². The third-order valence-electron chi connectivity index (χ3n) is 5.04. The van der Waals surface area contributed by atoms with Crippen LogP contribution in [0, 0.1) is 29.6 Å². The van der Waals surface area contributed by atoms with E-state index in [-0.39, 0.29) is 0 Å². The monoisotopic (exact) mass is 222 g/mol. The Morgan fingerprint density at radius 2 is 2.12 bits per heavy atom. The van der Waals surface area contributed by atoms with Crippen molar-refractivity contribution in [2.75, 3.05) is 6.61 Å². The molecule has 2 aliphatic rings. The minimum absolute atomic E-state index is 0.356. The first-order valence-electron chi connectivity index (χ1n) is 6.91. The van der Waals surface area contributed by atoms with Gasteiger partial charge in [-0.15, -0.1) is 0 Å². The Hall–Kier alpha value is -0.300. The predicted molar refractivity (Wildman–Crippen MR) is 68.1 cm³/mol. The van der Waals surface area contributed by atoms with Crippen molar-refractivity contribution in [3.05, 3.63) is 11.6 Å². The molecule has 0 radical (unpaired) electrons. The average molecular weight is 222 g/mol. The number of fused-ring (bicyclic) bond motifs is 1. The van der Waals surface area contributed by atoms with Crippen LogP contribution in [0.4, 0.5) is 0 Å². The van der Waals surface area contributed by atoms with Gasteiger partial charge < -0.3 is 5.11 Å². The quantitative estimate of drug-likeness (QED) is 0.707. The first kappa shape index (κ1) is 12.2. The lowest BCUT2D eigenvalue weighted by Crippen LogP contribution is -2.38. The number of hydrogen-bond acceptors (Lipinski definition) is 1. The molecule has 0 spiro atoms. The molecule has 1 fully saturated rings. The molecule has 1 N–H and O–H groups in total. The van der Waals surface area contributed by atoms with Crippen molar-refractivity contribution in [3.63, 3.8) is 0 Å². The number of hydrogen-bond donors (Lipinski definition) is 1. The van der Waals surface area contributed by atoms with E-state index >= 15 is 0 Å². The molecule has 2 aliphatic carbocycles. The summed E-state index contributed by atoms with van der Waals surface area (Å²) in [7, 11) is 0. The van der Waals surface area contributed by atoms with Crippen LogP contribution < -0.4 is 0 Å². The van der Waals surface area contributed by atoms with Crippen LogP contribution in [-0.4, -0.2) is 11.7 Å². The molecule has 0 saturated heterocycles. The van der Waals surface area contributed by atoms with E-state index in [4.69, 9.17) is 0 Å². The molecule has 0 bridgehead atoms. The van der Waals surface area contributed by atoms with E-state index < -0.39 is 0 Å². The van der Waals surface area contributed by atoms with Crippen molar-refractivity contribution in [2.24, 2.45) is 29.6 Å². The third-order valence-corrected chi connectivity index (χ3v) is 5.04. The first-order chi connectivity index (χ1) is 7.63. The number of rotatable bonds is 2. The maximum atomic E-state index is 9.39. The number of aliphatic hydroxyl groups excluding tert-OH is 1. The SMILES string of the molecule is CC1=C[C@@H]2C([C@@H](C)CO)CC[C@@H](C)[C@@H]2CC1. The summed E-state index contributed by atoms with van der Waals surface area (Å²) in [5.41, 5.74) is 1.57. The van der Waals surface area contributed by atoms with E-state index in [0.29, 0.717) is 12.5 Å². The minimum atomic E-state index is 0.356. The van der Waals surface area contributed by atoms with Gasteiger partial charge in [0, 0.05) is 6.61 Å². The van der Waals surface area contributed by atoms with Gasteiger partial charge in [-0.25, -0.2) is 0 Å². The average Bonchev–Trinajstić information content (AvgIpc) is 2.28. The number of aliphatic hydroxyl groups is 1. The van der Waals surface area contributed by atoms with E-state index in [1.807, 2.05) is 0 Å². The maximum absolute atomic E-state index is 9.39. The van der Waals surface area contributed by atoms with Crippen molar-refractivity contribution in [1.82, 2.24) is 0 Å². The summed E-state index contributed by atoms with van der Waals surface area (Å²) in [5, 5.41) is 9.39. The Labute approximate surface area is 99.9 Å². The van der Waals surface area contributed by atoms with Gasteiger partial charge in [0.2, 0.25) is 0 Å². The van der Waals surface area contributed by atoms with Crippen molar-refractivity contribution in [1.29, 1.82) is 0 Å². The van der Waals surface area contributed by atoms with Crippen LogP contribution in [0.1, 0.15) is 46.5 Å². The molecule has 5 atom stereocenters. The van der Waals surface area contributed by atoms with E-state index in [0.717, 1.165) is 23.7 Å². The topological polar surface area (TPSA) is 20.2 Å². The Morgan fingerprint density at radius 3 is 2.81 bits per heavy atom. The predicted octanol–water partition coefficient (Wildman–Crippen LogP) is 3.63. The van der Waals surface area contributed by atoms with Crippen LogP contribution >= 0.6 is 0 Å². The molecule has 0 heterocycles. The largest absolute Gasteiger partial charge is 0.396 e. The highest BCUT2D eigenvalue weighted by atomic mass is 16.3. The van der Waals surface area contributed by atoms with Gasteiger partial charge in [-0.05, 0) is 55.8 Å². The lowest BCUT2D eigenvalue weighted by molar-refractivity contribution is 0.0590. The minimum Gasteiger partial charge on any atom is -0.396 e. The van der Waals surface area contributed by atoms with E-state index in [1.165, 1.54) is 25.7 Å². The summed E-state index contributed by atoms with van der Waals surface area (Å²) in [5.74, 6) is 3.72. The van der Waals surface area contributed by atoms with Crippen molar-refractivity contribution in [3.8, 4) is 0 Å². The molecule has 1 unspecified atom stereocenters. The molecular formula is C15H26O. The maximum Gasteiger partial charge on any atom is 0.0459 e. The molecule has 92 valence electrons. The highest BCUT2D eigenvalue weighted by Gasteiger charge is 2.39. The summed E-state index contributed by atoms with van der Waals surface area (Å²) in [6.45, 7) is 7.27. The van der Waals surface area contributed by atoms with Gasteiger partial charge in [-0.3, -0.25) is 0 Å². The highest BCUT2D eigenvalue weighted by Crippen LogP contribution is 2.47. The molecule has 1 heteroatoms. The van der Waals surface area contributed by atoms with Crippen LogP contribution in [0.15, 0.2) is 11.6 Å². The van der Waals surface area contributed by atoms with Gasteiger partial charge in [-0.1, -0.05) is 31.9 Å². The molecule has 0 aromatic carbocycles. The summed E-state index contributed by atoms with van der Waals surface area (Å²) in [6, 6.07) is 0. The lowest BCUT2D eigenvalue weighted by Gasteiger charge is -2.45. The Kier molecular flexibility index (Phi) is 3.73. The fourth-order valence-corrected chi connectivity index (χ4v) is 3.89. The summed E-state index contributed by atoms with van der Waals surface area (Å²) in [4.78, 5) is 0. The zero-order chi connectivity index (χ0) is 11.7. The second-order valence-corrected chi connectivity index (χ2v) is 6.17. The molecule has 16 heavy (non-hydrogen) atoms. The third kappa shape index (κ3) is 2.20. The highest BCUT2D eigenvalue weighted by molar-refractivity contribution is 5.11. The first-order valence-corrected chi connectivity index (χ1v) is 6.91. The van der Waals surface area contributed by atoms with Crippen molar-refractivity contribution >= 4 is 0 Å². The van der Waals surface area contributed by atoms with Crippen molar-refractivity contribution in [2.45, 2.75) is 46.5 Å². The van der Waals surface area contributed by atoms with Gasteiger partial charge >= 0.3 is 0 Å². The normalized spacial score (nSPS) is 41.1. The fraction of sp³-hybridized carbons (Fsp3) is 0.867. The van der Waals surface area contributed by atoms with Crippen LogP contribution in [0.25, 0.3) is 0 Å². The van der Waals surface area contributed by atoms with Gasteiger partial charge in [0.25, 0.3) is 0 Å². The number of allylic oxidation sites excluding steroid dienone is 2. The molecule has 0 aliphatic heterocycles. The van der Waals surface area contributed by atoms with E-state index in [1.54, 1.807) is 5.57 Å². The van der Waals surface area contributed by atoms with Crippen molar-refractivity contribution < 1.29 is 5.11 Å². The van der Waals surface area contributed by atoms with Crippen LogP contribution in [0.5, 0.6) is 0 Å². The van der Waals surface area contributed by atoms with Gasteiger partial charge in [0.05, 0.1) is 0 Å². The molecule has 2 rings (SSSR count). The van der Waals surface area contributed by atoms with Crippen LogP contribution in [-0.2, 0) is 0 Å². The molecule has 1 saturated carbocycles. The molecule has 1 nitrogen and oxygen atoms in total. The summed E-state index contributed by atoms with van der Waals surface area (Å²) in [6.07, 6.45) is 7.88. The standard InChI is InChI=1S/C15H26O/c1-10-4-6-13-11(2)5-7-14(12(3)9-16)15(13)8-10/h8,11-16H,4-7,9H2,1-3H3/t11-,12+,13+,14?,15+/m1/s1. The van der Waals surface area contributed by atoms with E-state index in [9.17, 15) is 5.11 Å². The Balaban J connectivity index is 2.18. The van der Waals surface area contributed by atoms with Gasteiger partial charge in [-0.2, -0.15) is 0 Å². The van der Waals surface area contributed by atoms with Gasteiger partial charge in [0.15, 0.2) is 0 Å². The fourth-order valence-electron chi connectivity index (χ4n) is 3.89. The summed E-state index contributed by atoms with van der Waals surface area (Å²) < 4.78 is 0. The molecule has 0 aromatic heterocycles. The van der Waals surface area contributed by atoms with Gasteiger partial charge in [0.1, 0.15) is 0 Å². The molecule has 0 amide bonds.